The molecule has 0 amide bonds. The minimum absolute atomic E-state index is 0.0793. The Balaban J connectivity index is 1.56. The number of aliphatic imine (C=N–C) groups is 1. The molecule has 188 valence electrons. The van der Waals surface area contributed by atoms with Gasteiger partial charge in [-0.25, -0.2) is 4.99 Å². The van der Waals surface area contributed by atoms with Crippen molar-refractivity contribution in [1.82, 2.24) is 9.97 Å². The van der Waals surface area contributed by atoms with Crippen LogP contribution >= 0.6 is 0 Å². The molecule has 5 aromatic rings. The van der Waals surface area contributed by atoms with Crippen molar-refractivity contribution in [2.24, 2.45) is 10.9 Å². The summed E-state index contributed by atoms with van der Waals surface area (Å²) >= 11 is 0. The highest BCUT2D eigenvalue weighted by Crippen LogP contribution is 2.49. The van der Waals surface area contributed by atoms with Crippen LogP contribution in [-0.2, 0) is 11.2 Å². The number of hydrogen-bond donors (Lipinski definition) is 2. The van der Waals surface area contributed by atoms with Crippen molar-refractivity contribution in [3.8, 4) is 5.75 Å². The summed E-state index contributed by atoms with van der Waals surface area (Å²) in [5.74, 6) is 1.41. The van der Waals surface area contributed by atoms with E-state index in [0.29, 0.717) is 11.6 Å². The summed E-state index contributed by atoms with van der Waals surface area (Å²) in [5, 5.41) is 3.20. The summed E-state index contributed by atoms with van der Waals surface area (Å²) < 4.78 is 6.82. The molecule has 5 nitrogen and oxygen atoms in total. The number of carbonyl (C=O) groups excluding carboxylic acids is 1. The van der Waals surface area contributed by atoms with Gasteiger partial charge in [-0.2, -0.15) is 0 Å². The normalized spacial score (nSPS) is 15.4. The van der Waals surface area contributed by atoms with Crippen LogP contribution in [0.2, 0.25) is 0 Å². The zero-order valence-corrected chi connectivity index (χ0v) is 21.9. The number of ketones is 1. The molecule has 2 aromatic heterocycles. The fraction of sp³-hybridized carbons (Fsp3) is 0.312. The van der Waals surface area contributed by atoms with Crippen molar-refractivity contribution in [3.05, 3.63) is 71.4 Å². The number of nitrogens with zero attached hydrogens (tertiary/aromatic N) is 1. The highest BCUT2D eigenvalue weighted by Gasteiger charge is 2.34. The highest BCUT2D eigenvalue weighted by atomic mass is 16.5. The van der Waals surface area contributed by atoms with Crippen LogP contribution in [0.15, 0.2) is 59.7 Å². The van der Waals surface area contributed by atoms with E-state index in [-0.39, 0.29) is 5.78 Å². The molecule has 1 atom stereocenters. The maximum Gasteiger partial charge on any atom is 0.178 e. The Morgan fingerprint density at radius 1 is 1.03 bits per heavy atom. The quantitative estimate of drug-likeness (QED) is 0.225. The molecule has 0 saturated carbocycles. The molecule has 5 heteroatoms. The number of aryl methyl sites for hydroxylation is 1. The number of hydrogen-bond acceptors (Lipinski definition) is 3. The largest absolute Gasteiger partial charge is 0.477 e. The van der Waals surface area contributed by atoms with E-state index < -0.39 is 6.10 Å². The van der Waals surface area contributed by atoms with Gasteiger partial charge in [0.15, 0.2) is 11.9 Å². The number of ether oxygens (including phenoxy) is 1. The van der Waals surface area contributed by atoms with Crippen molar-refractivity contribution < 1.29 is 9.53 Å². The Labute approximate surface area is 216 Å². The Morgan fingerprint density at radius 3 is 2.51 bits per heavy atom. The Kier molecular flexibility index (Phi) is 5.86. The predicted molar refractivity (Wildman–Crippen MR) is 152 cm³/mol. The van der Waals surface area contributed by atoms with Crippen LogP contribution in [0.5, 0.6) is 5.75 Å². The average molecular weight is 492 g/mol. The molecule has 3 aromatic carbocycles. The number of Topliss-reactive ketones (excluding diaryl/α,β-unsaturated/α-hetero) is 1. The van der Waals surface area contributed by atoms with Crippen molar-refractivity contribution in [1.29, 1.82) is 0 Å². The Morgan fingerprint density at radius 2 is 1.76 bits per heavy atom. The molecular formula is C32H33N3O2. The minimum atomic E-state index is -0.559. The van der Waals surface area contributed by atoms with E-state index in [1.807, 2.05) is 30.5 Å². The summed E-state index contributed by atoms with van der Waals surface area (Å²) in [6, 6.07) is 16.4. The molecule has 2 N–H and O–H groups in total. The van der Waals surface area contributed by atoms with Gasteiger partial charge in [0.1, 0.15) is 17.1 Å². The third-order valence-corrected chi connectivity index (χ3v) is 7.69. The number of H-pyrrole nitrogens is 2. The first kappa shape index (κ1) is 23.5. The van der Waals surface area contributed by atoms with Crippen molar-refractivity contribution in [3.63, 3.8) is 0 Å². The predicted octanol–water partition coefficient (Wildman–Crippen LogP) is 8.27. The van der Waals surface area contributed by atoms with Crippen LogP contribution in [0.1, 0.15) is 62.8 Å². The lowest BCUT2D eigenvalue weighted by Crippen LogP contribution is -2.27. The standard InChI is InChI=1S/C32H33N3O2/c1-18(2)11-5-6-12-21-19(3)31-30(27-23-14-8-10-16-26(23)34-29(21)27)35-28(20(4)36)32(37-31)24-17-33-25-15-9-7-13-22(24)25/h7-10,13-18,32-34H,5-6,11-12H2,1-4H3. The summed E-state index contributed by atoms with van der Waals surface area (Å²) in [6.07, 6.45) is 5.91. The molecule has 1 unspecified atom stereocenters. The molecule has 3 heterocycles. The molecule has 0 fully saturated rings. The van der Waals surface area contributed by atoms with Crippen molar-refractivity contribution in [2.45, 2.75) is 59.5 Å². The second kappa shape index (κ2) is 9.22. The van der Waals surface area contributed by atoms with Gasteiger partial charge >= 0.3 is 0 Å². The number of aromatic nitrogens is 2. The van der Waals surface area contributed by atoms with E-state index in [0.717, 1.165) is 68.1 Å². The lowest BCUT2D eigenvalue weighted by Gasteiger charge is -2.28. The van der Waals surface area contributed by atoms with Gasteiger partial charge in [0.25, 0.3) is 0 Å². The molecule has 0 saturated heterocycles. The molecule has 0 spiro atoms. The number of nitrogens with one attached hydrogen (secondary N) is 2. The molecule has 0 bridgehead atoms. The summed E-state index contributed by atoms with van der Waals surface area (Å²) in [5.41, 5.74) is 7.74. The van der Waals surface area contributed by atoms with E-state index in [4.69, 9.17) is 9.73 Å². The number of fused-ring (bicyclic) bond motifs is 6. The Bertz CT molecular complexity index is 1690. The molecule has 0 radical (unpaired) electrons. The van der Waals surface area contributed by atoms with Gasteiger partial charge in [-0.05, 0) is 48.9 Å². The van der Waals surface area contributed by atoms with Crippen LogP contribution in [0.4, 0.5) is 5.69 Å². The van der Waals surface area contributed by atoms with Crippen LogP contribution in [0.3, 0.4) is 0 Å². The van der Waals surface area contributed by atoms with Gasteiger partial charge in [-0.1, -0.05) is 63.1 Å². The first-order valence-electron chi connectivity index (χ1n) is 13.3. The van der Waals surface area contributed by atoms with Crippen molar-refractivity contribution >= 4 is 49.9 Å². The first-order chi connectivity index (χ1) is 17.9. The van der Waals surface area contributed by atoms with E-state index in [9.17, 15) is 4.79 Å². The smallest absolute Gasteiger partial charge is 0.178 e. The molecule has 1 aliphatic rings. The molecule has 37 heavy (non-hydrogen) atoms. The van der Waals surface area contributed by atoms with Crippen molar-refractivity contribution in [2.75, 3.05) is 0 Å². The highest BCUT2D eigenvalue weighted by molar-refractivity contribution is 6.42. The second-order valence-corrected chi connectivity index (χ2v) is 10.7. The molecule has 6 rings (SSSR count). The van der Waals surface area contributed by atoms with Gasteiger partial charge in [0, 0.05) is 45.9 Å². The number of benzene rings is 3. The monoisotopic (exact) mass is 491 g/mol. The topological polar surface area (TPSA) is 70.2 Å². The lowest BCUT2D eigenvalue weighted by atomic mass is 9.93. The fourth-order valence-corrected chi connectivity index (χ4v) is 5.79. The van der Waals surface area contributed by atoms with Crippen LogP contribution in [-0.4, -0.2) is 21.5 Å². The van der Waals surface area contributed by atoms with E-state index in [1.54, 1.807) is 6.92 Å². The summed E-state index contributed by atoms with van der Waals surface area (Å²) in [7, 11) is 0. The third-order valence-electron chi connectivity index (χ3n) is 7.69. The fourth-order valence-electron chi connectivity index (χ4n) is 5.79. The van der Waals surface area contributed by atoms with Gasteiger partial charge in [0.2, 0.25) is 0 Å². The molecule has 1 aliphatic heterocycles. The number of unbranched alkanes of at least 4 members (excludes halogenated alkanes) is 1. The Hall–Kier alpha value is -3.86. The van der Waals surface area contributed by atoms with E-state index in [1.165, 1.54) is 18.4 Å². The SMILES string of the molecule is CC(=O)C1=Nc2c(c(C)c(CCCCC(C)C)c3[nH]c4ccccc4c23)OC1c1c[nH]c2ccccc12. The van der Waals surface area contributed by atoms with Gasteiger partial charge in [-0.15, -0.1) is 0 Å². The minimum Gasteiger partial charge on any atom is -0.477 e. The summed E-state index contributed by atoms with van der Waals surface area (Å²) in [6.45, 7) is 8.28. The molecular weight excluding hydrogens is 458 g/mol. The zero-order valence-electron chi connectivity index (χ0n) is 21.9. The summed E-state index contributed by atoms with van der Waals surface area (Å²) in [4.78, 5) is 25.0. The maximum absolute atomic E-state index is 12.9. The average Bonchev–Trinajstić information content (AvgIpc) is 3.49. The molecule has 0 aliphatic carbocycles. The number of para-hydroxylation sites is 2. The van der Waals surface area contributed by atoms with E-state index >= 15 is 0 Å². The van der Waals surface area contributed by atoms with Gasteiger partial charge < -0.3 is 14.7 Å². The number of rotatable bonds is 7. The third kappa shape index (κ3) is 3.93. The first-order valence-corrected chi connectivity index (χ1v) is 13.3. The van der Waals surface area contributed by atoms with Gasteiger partial charge in [-0.3, -0.25) is 4.79 Å². The van der Waals surface area contributed by atoms with Crippen LogP contribution in [0.25, 0.3) is 32.7 Å². The zero-order chi connectivity index (χ0) is 25.7. The number of carbonyl (C=O) groups is 1. The lowest BCUT2D eigenvalue weighted by molar-refractivity contribution is -0.111. The van der Waals surface area contributed by atoms with Gasteiger partial charge in [0.05, 0.1) is 5.52 Å². The van der Waals surface area contributed by atoms with E-state index in [2.05, 4.69) is 55.0 Å². The van der Waals surface area contributed by atoms with Crippen LogP contribution in [0, 0.1) is 12.8 Å². The second-order valence-electron chi connectivity index (χ2n) is 10.7. The maximum atomic E-state index is 12.9. The number of aromatic amines is 2. The van der Waals surface area contributed by atoms with Crippen LogP contribution < -0.4 is 4.74 Å².